The summed E-state index contributed by atoms with van der Waals surface area (Å²) >= 11 is 0. The van der Waals surface area contributed by atoms with Crippen LogP contribution in [0, 0.1) is 0 Å². The van der Waals surface area contributed by atoms with E-state index < -0.39 is 0 Å². The molecule has 132 valence electrons. The van der Waals surface area contributed by atoms with Gasteiger partial charge in [0.1, 0.15) is 23.6 Å². The van der Waals surface area contributed by atoms with Gasteiger partial charge in [0.15, 0.2) is 5.65 Å². The highest BCUT2D eigenvalue weighted by molar-refractivity contribution is 5.88. The number of aromatic amines is 1. The molecule has 8 nitrogen and oxygen atoms in total. The lowest BCUT2D eigenvalue weighted by atomic mass is 10.2. The number of aliphatic hydroxyl groups is 1. The number of H-pyrrole nitrogens is 1. The zero-order valence-electron chi connectivity index (χ0n) is 14.0. The first-order valence-electron chi connectivity index (χ1n) is 7.99. The Morgan fingerprint density at radius 3 is 2.77 bits per heavy atom. The molecule has 8 heteroatoms. The van der Waals surface area contributed by atoms with E-state index in [1.54, 1.807) is 37.7 Å². The second kappa shape index (κ2) is 6.49. The molecule has 3 aromatic heterocycles. The van der Waals surface area contributed by atoms with Gasteiger partial charge in [-0.2, -0.15) is 0 Å². The van der Waals surface area contributed by atoms with Gasteiger partial charge in [0.25, 0.3) is 0 Å². The van der Waals surface area contributed by atoms with Crippen LogP contribution >= 0.6 is 0 Å². The molecule has 26 heavy (non-hydrogen) atoms. The normalized spacial score (nSPS) is 11.2. The number of fused-ring (bicyclic) bond motifs is 2. The van der Waals surface area contributed by atoms with Crippen molar-refractivity contribution in [3.8, 4) is 17.2 Å². The smallest absolute Gasteiger partial charge is 0.332 e. The third-order valence-electron chi connectivity index (χ3n) is 4.05. The molecule has 0 aliphatic carbocycles. The van der Waals surface area contributed by atoms with Crippen LogP contribution in [-0.4, -0.2) is 44.9 Å². The quantitative estimate of drug-likeness (QED) is 0.566. The number of hydrogen-bond donors (Lipinski definition) is 2. The molecule has 4 rings (SSSR count). The Labute approximate surface area is 147 Å². The van der Waals surface area contributed by atoms with Gasteiger partial charge in [-0.05, 0) is 24.3 Å². The average molecular weight is 352 g/mol. The first-order valence-corrected chi connectivity index (χ1v) is 7.99. The summed E-state index contributed by atoms with van der Waals surface area (Å²) in [5.74, 6) is 1.13. The maximum absolute atomic E-state index is 12.6. The van der Waals surface area contributed by atoms with E-state index in [9.17, 15) is 4.79 Å². The molecular weight excluding hydrogens is 336 g/mol. The minimum Gasteiger partial charge on any atom is -0.496 e. The molecule has 0 unspecified atom stereocenters. The Kier molecular flexibility index (Phi) is 4.02. The fraction of sp³-hybridized carbons (Fsp3) is 0.167. The Bertz CT molecular complexity index is 1150. The lowest BCUT2D eigenvalue weighted by molar-refractivity contribution is 0.202. The topological polar surface area (TPSA) is 102 Å². The molecule has 0 radical (unpaired) electrons. The molecule has 0 aliphatic heterocycles. The van der Waals surface area contributed by atoms with Crippen molar-refractivity contribution in [1.82, 2.24) is 19.5 Å². The summed E-state index contributed by atoms with van der Waals surface area (Å²) < 4.78 is 12.5. The lowest BCUT2D eigenvalue weighted by Crippen LogP contribution is -2.15. The van der Waals surface area contributed by atoms with Crippen LogP contribution < -0.4 is 15.2 Å². The number of hydrogen-bond acceptors (Lipinski definition) is 6. The molecule has 4 aromatic rings. The van der Waals surface area contributed by atoms with Gasteiger partial charge in [0, 0.05) is 23.8 Å². The number of imidazole rings is 1. The fourth-order valence-electron chi connectivity index (χ4n) is 2.95. The molecule has 0 aliphatic rings. The van der Waals surface area contributed by atoms with E-state index in [0.29, 0.717) is 28.4 Å². The van der Waals surface area contributed by atoms with Gasteiger partial charge in [0.05, 0.1) is 24.9 Å². The van der Waals surface area contributed by atoms with E-state index in [0.717, 1.165) is 10.9 Å². The molecular formula is C18H16N4O4. The predicted octanol–water partition coefficient (Wildman–Crippen LogP) is 1.64. The Morgan fingerprint density at radius 2 is 1.96 bits per heavy atom. The van der Waals surface area contributed by atoms with Gasteiger partial charge in [-0.25, -0.2) is 9.78 Å². The molecule has 0 saturated carbocycles. The van der Waals surface area contributed by atoms with Gasteiger partial charge in [0.2, 0.25) is 0 Å². The summed E-state index contributed by atoms with van der Waals surface area (Å²) in [4.78, 5) is 23.8. The molecule has 0 amide bonds. The van der Waals surface area contributed by atoms with Gasteiger partial charge in [-0.3, -0.25) is 14.5 Å². The number of nitrogens with one attached hydrogen (secondary N) is 1. The second-order valence-electron chi connectivity index (χ2n) is 5.56. The standard InChI is InChI=1S/C18H16N4O4/c1-25-14-4-6-19-13-3-2-11(10-12(13)14)22-16-15(26-9-8-23)5-7-20-17(16)21-18(22)24/h2-7,10,23H,8-9H2,1H3,(H,20,21,24). The monoisotopic (exact) mass is 352 g/mol. The fourth-order valence-corrected chi connectivity index (χ4v) is 2.95. The van der Waals surface area contributed by atoms with Crippen LogP contribution in [-0.2, 0) is 0 Å². The van der Waals surface area contributed by atoms with E-state index >= 15 is 0 Å². The Hall–Kier alpha value is -3.39. The number of nitrogens with zero attached hydrogens (tertiary/aromatic N) is 3. The largest absolute Gasteiger partial charge is 0.496 e. The van der Waals surface area contributed by atoms with E-state index in [2.05, 4.69) is 15.0 Å². The highest BCUT2D eigenvalue weighted by Crippen LogP contribution is 2.29. The van der Waals surface area contributed by atoms with E-state index in [1.807, 2.05) is 12.1 Å². The molecule has 0 atom stereocenters. The first-order chi connectivity index (χ1) is 12.7. The molecule has 2 N–H and O–H groups in total. The minimum atomic E-state index is -0.338. The SMILES string of the molecule is COc1ccnc2ccc(-n3c(=O)[nH]c4nccc(OCCO)c43)cc12. The van der Waals surface area contributed by atoms with Gasteiger partial charge < -0.3 is 14.6 Å². The van der Waals surface area contributed by atoms with Crippen molar-refractivity contribution in [2.24, 2.45) is 0 Å². The van der Waals surface area contributed by atoms with Crippen LogP contribution in [0.4, 0.5) is 0 Å². The number of aromatic nitrogens is 4. The molecule has 3 heterocycles. The summed E-state index contributed by atoms with van der Waals surface area (Å²) in [5, 5.41) is 9.82. The predicted molar refractivity (Wildman–Crippen MR) is 96.1 cm³/mol. The first kappa shape index (κ1) is 16.1. The molecule has 0 spiro atoms. The van der Waals surface area contributed by atoms with E-state index in [4.69, 9.17) is 14.6 Å². The molecule has 0 fully saturated rings. The summed E-state index contributed by atoms with van der Waals surface area (Å²) in [6.07, 6.45) is 3.21. The maximum atomic E-state index is 12.6. The summed E-state index contributed by atoms with van der Waals surface area (Å²) in [6, 6.07) is 8.88. The minimum absolute atomic E-state index is 0.119. The Morgan fingerprint density at radius 1 is 1.15 bits per heavy atom. The summed E-state index contributed by atoms with van der Waals surface area (Å²) in [7, 11) is 1.59. The zero-order valence-corrected chi connectivity index (χ0v) is 14.0. The number of rotatable bonds is 5. The van der Waals surface area contributed by atoms with Crippen LogP contribution in [0.2, 0.25) is 0 Å². The lowest BCUT2D eigenvalue weighted by Gasteiger charge is -2.10. The van der Waals surface area contributed by atoms with Crippen LogP contribution in [0.25, 0.3) is 27.8 Å². The molecule has 0 bridgehead atoms. The summed E-state index contributed by atoms with van der Waals surface area (Å²) in [6.45, 7) is -0.00867. The van der Waals surface area contributed by atoms with E-state index in [-0.39, 0.29) is 18.9 Å². The van der Waals surface area contributed by atoms with Crippen molar-refractivity contribution in [3.63, 3.8) is 0 Å². The molecule has 0 saturated heterocycles. The number of pyridine rings is 2. The number of methoxy groups -OCH3 is 1. The highest BCUT2D eigenvalue weighted by atomic mass is 16.5. The van der Waals surface area contributed by atoms with Gasteiger partial charge in [-0.1, -0.05) is 0 Å². The average Bonchev–Trinajstić information content (AvgIpc) is 3.01. The van der Waals surface area contributed by atoms with Crippen molar-refractivity contribution in [3.05, 3.63) is 53.2 Å². The van der Waals surface area contributed by atoms with Gasteiger partial charge in [-0.15, -0.1) is 0 Å². The van der Waals surface area contributed by atoms with Crippen LogP contribution in [0.3, 0.4) is 0 Å². The summed E-state index contributed by atoms with van der Waals surface area (Å²) in [5.41, 5.74) is 1.96. The second-order valence-corrected chi connectivity index (χ2v) is 5.56. The van der Waals surface area contributed by atoms with Gasteiger partial charge >= 0.3 is 5.69 Å². The zero-order chi connectivity index (χ0) is 18.1. The van der Waals surface area contributed by atoms with Crippen molar-refractivity contribution >= 4 is 22.1 Å². The van der Waals surface area contributed by atoms with Crippen molar-refractivity contribution < 1.29 is 14.6 Å². The van der Waals surface area contributed by atoms with Crippen molar-refractivity contribution in [2.75, 3.05) is 20.3 Å². The van der Waals surface area contributed by atoms with Crippen LogP contribution in [0.5, 0.6) is 11.5 Å². The number of benzene rings is 1. The van der Waals surface area contributed by atoms with Crippen molar-refractivity contribution in [2.45, 2.75) is 0 Å². The number of ether oxygens (including phenoxy) is 2. The maximum Gasteiger partial charge on any atom is 0.332 e. The third kappa shape index (κ3) is 2.56. The third-order valence-corrected chi connectivity index (χ3v) is 4.05. The van der Waals surface area contributed by atoms with Crippen molar-refractivity contribution in [1.29, 1.82) is 0 Å². The highest BCUT2D eigenvalue weighted by Gasteiger charge is 2.16. The molecule has 1 aromatic carbocycles. The van der Waals surface area contributed by atoms with E-state index in [1.165, 1.54) is 4.57 Å². The van der Waals surface area contributed by atoms with Crippen LogP contribution in [0.15, 0.2) is 47.5 Å². The van der Waals surface area contributed by atoms with Crippen LogP contribution in [0.1, 0.15) is 0 Å². The Balaban J connectivity index is 1.98. The number of aliphatic hydroxyl groups excluding tert-OH is 1.